The summed E-state index contributed by atoms with van der Waals surface area (Å²) >= 11 is 0. The second-order valence-corrected chi connectivity index (χ2v) is 5.44. The normalized spacial score (nSPS) is 30.4. The molecule has 0 aromatic carbocycles. The smallest absolute Gasteiger partial charge is 0.270 e. The van der Waals surface area contributed by atoms with E-state index < -0.39 is 0 Å². The van der Waals surface area contributed by atoms with Gasteiger partial charge < -0.3 is 15.2 Å². The van der Waals surface area contributed by atoms with E-state index in [2.05, 4.69) is 17.2 Å². The lowest BCUT2D eigenvalue weighted by Gasteiger charge is -2.37. The standard InChI is InChI=1S/C14H21N3O/c1-2-17(14(18)13-4-3-7-15-13)12-8-10-5-6-11(9-12)16-10/h3-4,7,10-12,15-16H,2,5-6,8-9H2,1H3. The second kappa shape index (κ2) is 4.76. The maximum Gasteiger partial charge on any atom is 0.270 e. The topological polar surface area (TPSA) is 48.1 Å². The Morgan fingerprint density at radius 1 is 1.39 bits per heavy atom. The summed E-state index contributed by atoms with van der Waals surface area (Å²) in [4.78, 5) is 17.5. The number of carbonyl (C=O) groups excluding carboxylic acids is 1. The Morgan fingerprint density at radius 2 is 2.11 bits per heavy atom. The van der Waals surface area contributed by atoms with Crippen LogP contribution in [0.5, 0.6) is 0 Å². The molecule has 0 saturated carbocycles. The molecular formula is C14H21N3O. The van der Waals surface area contributed by atoms with Crippen molar-refractivity contribution < 1.29 is 4.79 Å². The van der Waals surface area contributed by atoms with Gasteiger partial charge in [0.2, 0.25) is 0 Å². The number of aromatic nitrogens is 1. The van der Waals surface area contributed by atoms with Gasteiger partial charge in [0, 0.05) is 30.9 Å². The molecule has 2 N–H and O–H groups in total. The molecule has 18 heavy (non-hydrogen) atoms. The maximum atomic E-state index is 12.4. The minimum Gasteiger partial charge on any atom is -0.357 e. The van der Waals surface area contributed by atoms with E-state index in [0.29, 0.717) is 23.8 Å². The zero-order valence-corrected chi connectivity index (χ0v) is 10.9. The van der Waals surface area contributed by atoms with Gasteiger partial charge in [-0.25, -0.2) is 0 Å². The minimum atomic E-state index is 0.147. The Labute approximate surface area is 108 Å². The van der Waals surface area contributed by atoms with Gasteiger partial charge in [-0.05, 0) is 44.7 Å². The fourth-order valence-electron chi connectivity index (χ4n) is 3.47. The van der Waals surface area contributed by atoms with Crippen LogP contribution in [0.2, 0.25) is 0 Å². The predicted octanol–water partition coefficient (Wildman–Crippen LogP) is 1.76. The summed E-state index contributed by atoms with van der Waals surface area (Å²) in [6.45, 7) is 2.87. The van der Waals surface area contributed by atoms with Gasteiger partial charge in [-0.2, -0.15) is 0 Å². The van der Waals surface area contributed by atoms with Crippen LogP contribution < -0.4 is 5.32 Å². The second-order valence-electron chi connectivity index (χ2n) is 5.44. The molecule has 1 amide bonds. The van der Waals surface area contributed by atoms with Crippen molar-refractivity contribution in [3.05, 3.63) is 24.0 Å². The van der Waals surface area contributed by atoms with Crippen molar-refractivity contribution in [1.82, 2.24) is 15.2 Å². The molecule has 1 aromatic rings. The third kappa shape index (κ3) is 2.05. The summed E-state index contributed by atoms with van der Waals surface area (Å²) in [6.07, 6.45) is 6.57. The molecule has 2 unspecified atom stereocenters. The molecule has 0 radical (unpaired) electrons. The summed E-state index contributed by atoms with van der Waals surface area (Å²) < 4.78 is 0. The van der Waals surface area contributed by atoms with Crippen molar-refractivity contribution in [3.8, 4) is 0 Å². The highest BCUT2D eigenvalue weighted by Crippen LogP contribution is 2.30. The average Bonchev–Trinajstić information content (AvgIpc) is 3.00. The van der Waals surface area contributed by atoms with E-state index in [9.17, 15) is 4.79 Å². The summed E-state index contributed by atoms with van der Waals surface area (Å²) in [5, 5.41) is 3.63. The van der Waals surface area contributed by atoms with Gasteiger partial charge in [0.15, 0.2) is 0 Å². The Hall–Kier alpha value is -1.29. The lowest BCUT2D eigenvalue weighted by molar-refractivity contribution is 0.0626. The first-order valence-corrected chi connectivity index (χ1v) is 6.98. The van der Waals surface area contributed by atoms with Crippen molar-refractivity contribution >= 4 is 5.91 Å². The average molecular weight is 247 g/mol. The van der Waals surface area contributed by atoms with Gasteiger partial charge in [-0.3, -0.25) is 4.79 Å². The fraction of sp³-hybridized carbons (Fsp3) is 0.643. The van der Waals surface area contributed by atoms with E-state index in [4.69, 9.17) is 0 Å². The van der Waals surface area contributed by atoms with Crippen molar-refractivity contribution in [2.24, 2.45) is 0 Å². The lowest BCUT2D eigenvalue weighted by Crippen LogP contribution is -2.50. The Morgan fingerprint density at radius 3 is 2.67 bits per heavy atom. The van der Waals surface area contributed by atoms with Crippen LogP contribution in [0.1, 0.15) is 43.1 Å². The lowest BCUT2D eigenvalue weighted by atomic mass is 9.98. The molecule has 2 aliphatic heterocycles. The molecule has 3 heterocycles. The van der Waals surface area contributed by atoms with Crippen molar-refractivity contribution in [2.45, 2.75) is 50.7 Å². The number of nitrogens with zero attached hydrogens (tertiary/aromatic N) is 1. The van der Waals surface area contributed by atoms with Gasteiger partial charge >= 0.3 is 0 Å². The summed E-state index contributed by atoms with van der Waals surface area (Å²) in [7, 11) is 0. The highest BCUT2D eigenvalue weighted by atomic mass is 16.2. The van der Waals surface area contributed by atoms with Gasteiger partial charge in [-0.1, -0.05) is 0 Å². The van der Waals surface area contributed by atoms with E-state index in [1.807, 2.05) is 23.2 Å². The van der Waals surface area contributed by atoms with Crippen LogP contribution in [-0.4, -0.2) is 40.5 Å². The zero-order chi connectivity index (χ0) is 12.5. The Kier molecular flexibility index (Phi) is 3.12. The number of fused-ring (bicyclic) bond motifs is 2. The van der Waals surface area contributed by atoms with Gasteiger partial charge in [0.1, 0.15) is 5.69 Å². The molecule has 2 saturated heterocycles. The van der Waals surface area contributed by atoms with Crippen LogP contribution in [0.4, 0.5) is 0 Å². The van der Waals surface area contributed by atoms with Crippen LogP contribution in [0.25, 0.3) is 0 Å². The molecule has 3 rings (SSSR count). The zero-order valence-electron chi connectivity index (χ0n) is 10.9. The molecule has 98 valence electrons. The van der Waals surface area contributed by atoms with Crippen LogP contribution in [-0.2, 0) is 0 Å². The molecule has 1 aromatic heterocycles. The number of hydrogen-bond donors (Lipinski definition) is 2. The SMILES string of the molecule is CCN(C(=O)c1ccc[nH]1)C1CC2CCC(C1)N2. The Bertz CT molecular complexity index is 403. The predicted molar refractivity (Wildman–Crippen MR) is 70.5 cm³/mol. The number of hydrogen-bond acceptors (Lipinski definition) is 2. The quantitative estimate of drug-likeness (QED) is 0.855. The summed E-state index contributed by atoms with van der Waals surface area (Å²) in [5.74, 6) is 0.147. The van der Waals surface area contributed by atoms with E-state index in [1.54, 1.807) is 0 Å². The number of amides is 1. The summed E-state index contributed by atoms with van der Waals surface area (Å²) in [5.41, 5.74) is 0.711. The Balaban J connectivity index is 1.74. The maximum absolute atomic E-state index is 12.4. The first-order valence-electron chi connectivity index (χ1n) is 6.98. The molecule has 4 heteroatoms. The molecule has 2 bridgehead atoms. The number of aromatic amines is 1. The number of rotatable bonds is 3. The number of H-pyrrole nitrogens is 1. The molecule has 0 spiro atoms. The van der Waals surface area contributed by atoms with Gasteiger partial charge in [0.25, 0.3) is 5.91 Å². The van der Waals surface area contributed by atoms with Crippen LogP contribution >= 0.6 is 0 Å². The third-order valence-corrected chi connectivity index (χ3v) is 4.32. The highest BCUT2D eigenvalue weighted by Gasteiger charge is 2.37. The molecule has 2 atom stereocenters. The first kappa shape index (κ1) is 11.8. The largest absolute Gasteiger partial charge is 0.357 e. The third-order valence-electron chi connectivity index (χ3n) is 4.32. The molecule has 0 aliphatic carbocycles. The van der Waals surface area contributed by atoms with Crippen molar-refractivity contribution in [1.29, 1.82) is 0 Å². The van der Waals surface area contributed by atoms with Crippen LogP contribution in [0.15, 0.2) is 18.3 Å². The molecule has 2 fully saturated rings. The van der Waals surface area contributed by atoms with E-state index in [-0.39, 0.29) is 5.91 Å². The minimum absolute atomic E-state index is 0.147. The number of piperidine rings is 1. The van der Waals surface area contributed by atoms with E-state index >= 15 is 0 Å². The van der Waals surface area contributed by atoms with E-state index in [0.717, 1.165) is 19.4 Å². The van der Waals surface area contributed by atoms with Crippen molar-refractivity contribution in [2.75, 3.05) is 6.54 Å². The number of carbonyl (C=O) groups is 1. The first-order chi connectivity index (χ1) is 8.78. The van der Waals surface area contributed by atoms with E-state index in [1.165, 1.54) is 12.8 Å². The number of nitrogens with one attached hydrogen (secondary N) is 2. The molecule has 4 nitrogen and oxygen atoms in total. The monoisotopic (exact) mass is 247 g/mol. The molecule has 2 aliphatic rings. The van der Waals surface area contributed by atoms with Crippen LogP contribution in [0, 0.1) is 0 Å². The highest BCUT2D eigenvalue weighted by molar-refractivity contribution is 5.92. The van der Waals surface area contributed by atoms with Crippen molar-refractivity contribution in [3.63, 3.8) is 0 Å². The van der Waals surface area contributed by atoms with Gasteiger partial charge in [0.05, 0.1) is 0 Å². The summed E-state index contributed by atoms with van der Waals surface area (Å²) in [6, 6.07) is 5.40. The molecular weight excluding hydrogens is 226 g/mol. The van der Waals surface area contributed by atoms with Crippen LogP contribution in [0.3, 0.4) is 0 Å². The fourth-order valence-corrected chi connectivity index (χ4v) is 3.47. The van der Waals surface area contributed by atoms with Gasteiger partial charge in [-0.15, -0.1) is 0 Å².